The van der Waals surface area contributed by atoms with Crippen LogP contribution in [0.2, 0.25) is 0 Å². The number of hydrogen-bond acceptors (Lipinski definition) is 26. The number of anilines is 1. The van der Waals surface area contributed by atoms with Crippen LogP contribution in [-0.2, 0) is 60.0 Å². The Bertz CT molecular complexity index is 4000. The van der Waals surface area contributed by atoms with Gasteiger partial charge in [0.05, 0.1) is 43.4 Å². The molecule has 6 aromatic carbocycles. The molecule has 11 N–H and O–H groups in total. The van der Waals surface area contributed by atoms with Crippen LogP contribution in [0.25, 0.3) is 21.5 Å². The van der Waals surface area contributed by atoms with E-state index in [1.54, 1.807) is 0 Å². The van der Waals surface area contributed by atoms with Gasteiger partial charge in [0.1, 0.15) is 53.7 Å². The molecular weight excluding hydrogens is 1080 g/mol. The predicted octanol–water partition coefficient (Wildman–Crippen LogP) is 6.50. The van der Waals surface area contributed by atoms with Crippen LogP contribution in [0.5, 0.6) is 11.5 Å². The molecule has 71 heavy (non-hydrogen) atoms. The standard InChI is InChI=1S/C33H22N8O24S6/c34-27-21(11-23(68(52,53)54)17-9-22(66-65-64-48)28(31(43)26(17)27)39-36-19-4-1-12(41(46)47)7-24(19)69(55,56)57)38-37-20-6-3-14-15(32(20)71(61,62)63)10-25(70(58,59)60)29(30(14)42)40-35-18-5-2-13(67(49,50)51)8-16(18)33(44)45/h1-11,42-43,48H,34H2,(H,44,45)(H,49,50,51)(H,52,53,54)(H,55,56,57)(H,58,59,60)(H,61,62,63). The third-order valence-electron chi connectivity index (χ3n) is 9.16. The minimum atomic E-state index is -5.68. The number of nitro benzene ring substituents is 1. The maximum Gasteiger partial charge on any atom is 0.338 e. The highest BCUT2D eigenvalue weighted by atomic mass is 32.2. The Hall–Kier alpha value is -7.31. The summed E-state index contributed by atoms with van der Waals surface area (Å²) in [6, 6.07) is 6.64. The van der Waals surface area contributed by atoms with Crippen molar-refractivity contribution < 1.29 is 105 Å². The van der Waals surface area contributed by atoms with Crippen molar-refractivity contribution in [2.75, 3.05) is 5.73 Å². The molecule has 0 aliphatic carbocycles. The second kappa shape index (κ2) is 19.1. The molecule has 0 heterocycles. The SMILES string of the molecule is Nc1c(N=Nc2ccc3c(O)c(N=Nc4ccc(S(=O)(=O)O)cc4C(=O)O)c(S(=O)(=O)O)cc3c2S(=O)(=O)O)cc(S(=O)(=O)O)c2cc(SOOO)c(N=Nc3ccc([N+](=O)[O-])cc3S(=O)(=O)O)c(O)c12. The Morgan fingerprint density at radius 1 is 0.592 bits per heavy atom. The maximum absolute atomic E-state index is 12.9. The number of phenols is 2. The normalized spacial score (nSPS) is 13.0. The van der Waals surface area contributed by atoms with Gasteiger partial charge in [0, 0.05) is 28.3 Å². The van der Waals surface area contributed by atoms with E-state index in [1.165, 1.54) is 0 Å². The number of benzene rings is 6. The van der Waals surface area contributed by atoms with Gasteiger partial charge in [0.15, 0.2) is 11.5 Å². The summed E-state index contributed by atoms with van der Waals surface area (Å²) in [5.41, 5.74) is -1.79. The first-order chi connectivity index (χ1) is 32.7. The Balaban J connectivity index is 1.58. The van der Waals surface area contributed by atoms with Gasteiger partial charge >= 0.3 is 5.97 Å². The van der Waals surface area contributed by atoms with Gasteiger partial charge in [0.2, 0.25) is 0 Å². The largest absolute Gasteiger partial charge is 0.505 e. The van der Waals surface area contributed by atoms with Gasteiger partial charge in [-0.15, -0.1) is 35.0 Å². The fourth-order valence-electron chi connectivity index (χ4n) is 6.20. The number of non-ortho nitro benzene ring substituents is 1. The highest BCUT2D eigenvalue weighted by Gasteiger charge is 2.30. The van der Waals surface area contributed by atoms with Gasteiger partial charge in [-0.3, -0.25) is 32.9 Å². The van der Waals surface area contributed by atoms with Gasteiger partial charge in [0.25, 0.3) is 56.3 Å². The number of rotatable bonds is 16. The van der Waals surface area contributed by atoms with Gasteiger partial charge in [-0.05, 0) is 54.6 Å². The number of carboxylic acids is 1. The highest BCUT2D eigenvalue weighted by Crippen LogP contribution is 2.51. The molecule has 38 heteroatoms. The summed E-state index contributed by atoms with van der Waals surface area (Å²) >= 11 is -0.0347. The fourth-order valence-corrected chi connectivity index (χ4v) is 10.0. The minimum Gasteiger partial charge on any atom is -0.505 e. The number of azo groups is 3. The van der Waals surface area contributed by atoms with E-state index in [-0.39, 0.29) is 12.0 Å². The van der Waals surface area contributed by atoms with Crippen molar-refractivity contribution in [2.24, 2.45) is 30.7 Å². The van der Waals surface area contributed by atoms with E-state index in [0.29, 0.717) is 48.5 Å². The molecular formula is C33H22N8O24S6. The zero-order chi connectivity index (χ0) is 52.9. The monoisotopic (exact) mass is 1110 g/mol. The van der Waals surface area contributed by atoms with Crippen molar-refractivity contribution in [3.05, 3.63) is 82.4 Å². The van der Waals surface area contributed by atoms with Crippen molar-refractivity contribution in [1.29, 1.82) is 0 Å². The summed E-state index contributed by atoms with van der Waals surface area (Å²) in [6.45, 7) is 0. The molecule has 0 aliphatic heterocycles. The van der Waals surface area contributed by atoms with E-state index in [0.717, 1.165) is 18.2 Å². The lowest BCUT2D eigenvalue weighted by molar-refractivity contribution is -0.432. The zero-order valence-electron chi connectivity index (χ0n) is 33.7. The Morgan fingerprint density at radius 3 is 1.72 bits per heavy atom. The number of nitrogens with zero attached hydrogens (tertiary/aromatic N) is 7. The van der Waals surface area contributed by atoms with Gasteiger partial charge < -0.3 is 21.1 Å². The zero-order valence-corrected chi connectivity index (χ0v) is 38.6. The molecule has 0 saturated heterocycles. The van der Waals surface area contributed by atoms with Crippen LogP contribution in [0, 0.1) is 10.1 Å². The molecule has 0 fully saturated rings. The molecule has 0 saturated carbocycles. The van der Waals surface area contributed by atoms with Crippen LogP contribution >= 0.6 is 12.0 Å². The number of hydrogen-bond donors (Lipinski definition) is 10. The number of nitrogen functional groups attached to an aromatic ring is 1. The smallest absolute Gasteiger partial charge is 0.338 e. The van der Waals surface area contributed by atoms with Crippen molar-refractivity contribution in [3.63, 3.8) is 0 Å². The highest BCUT2D eigenvalue weighted by molar-refractivity contribution is 7.94. The second-order valence-corrected chi connectivity index (χ2v) is 21.2. The first kappa shape index (κ1) is 53.0. The van der Waals surface area contributed by atoms with Gasteiger partial charge in [-0.1, -0.05) is 5.04 Å². The van der Waals surface area contributed by atoms with E-state index < -0.39 is 175 Å². The summed E-state index contributed by atoms with van der Waals surface area (Å²) in [6.07, 6.45) is 0. The Kier molecular flexibility index (Phi) is 14.3. The van der Waals surface area contributed by atoms with Crippen LogP contribution < -0.4 is 5.73 Å². The van der Waals surface area contributed by atoms with Crippen molar-refractivity contribution >= 4 is 136 Å². The summed E-state index contributed by atoms with van der Waals surface area (Å²) in [4.78, 5) is 15.4. The van der Waals surface area contributed by atoms with Crippen LogP contribution in [0.15, 0.2) is 127 Å². The first-order valence-corrected chi connectivity index (χ1v) is 25.6. The number of nitrogens with two attached hydrogens (primary N) is 1. The summed E-state index contributed by atoms with van der Waals surface area (Å²) < 4.78 is 178. The summed E-state index contributed by atoms with van der Waals surface area (Å²) in [7, 11) is -27.0. The third kappa shape index (κ3) is 11.0. The number of fused-ring (bicyclic) bond motifs is 2. The molecule has 0 aliphatic rings. The van der Waals surface area contributed by atoms with Crippen LogP contribution in [-0.4, -0.2) is 96.3 Å². The predicted molar refractivity (Wildman–Crippen MR) is 234 cm³/mol. The Labute approximate surface area is 398 Å². The second-order valence-electron chi connectivity index (χ2n) is 13.5. The average molecular weight is 1110 g/mol. The third-order valence-corrected chi connectivity index (χ3v) is 14.2. The molecule has 6 rings (SSSR count). The van der Waals surface area contributed by atoms with Crippen LogP contribution in [0.1, 0.15) is 10.4 Å². The molecule has 374 valence electrons. The van der Waals surface area contributed by atoms with Crippen molar-refractivity contribution in [3.8, 4) is 11.5 Å². The number of nitro groups is 1. The lowest BCUT2D eigenvalue weighted by Gasteiger charge is -2.15. The number of carboxylic acid groups (broad SMARTS) is 1. The Morgan fingerprint density at radius 2 is 1.15 bits per heavy atom. The average Bonchev–Trinajstić information content (AvgIpc) is 3.25. The molecule has 0 aromatic heterocycles. The van der Waals surface area contributed by atoms with E-state index in [2.05, 4.69) is 40.1 Å². The molecule has 0 radical (unpaired) electrons. The number of aromatic carboxylic acids is 1. The van der Waals surface area contributed by atoms with E-state index in [4.69, 9.17) is 11.0 Å². The van der Waals surface area contributed by atoms with Crippen molar-refractivity contribution in [1.82, 2.24) is 0 Å². The van der Waals surface area contributed by atoms with E-state index in [9.17, 15) is 95.1 Å². The number of carbonyl (C=O) groups is 1. The van der Waals surface area contributed by atoms with Crippen LogP contribution in [0.4, 0.5) is 45.5 Å². The number of aromatic hydroxyl groups is 2. The van der Waals surface area contributed by atoms with Crippen molar-refractivity contribution in [2.45, 2.75) is 29.4 Å². The molecule has 32 nitrogen and oxygen atoms in total. The first-order valence-electron chi connectivity index (χ1n) is 17.6. The number of phenolic OH excluding ortho intramolecular Hbond substituents is 2. The molecule has 0 atom stereocenters. The topological polar surface area (TPSA) is 532 Å². The summed E-state index contributed by atoms with van der Waals surface area (Å²) in [5.74, 6) is -4.40. The van der Waals surface area contributed by atoms with Gasteiger partial charge in [-0.25, -0.2) is 10.1 Å². The maximum atomic E-state index is 12.9. The molecule has 0 spiro atoms. The minimum absolute atomic E-state index is 0.0347. The molecule has 6 aromatic rings. The fraction of sp³-hybridized carbons (Fsp3) is 0. The lowest BCUT2D eigenvalue weighted by Crippen LogP contribution is -2.03. The lowest BCUT2D eigenvalue weighted by atomic mass is 10.0. The molecule has 0 unspecified atom stereocenters. The molecule has 0 amide bonds. The van der Waals surface area contributed by atoms with Crippen LogP contribution in [0.3, 0.4) is 0 Å². The van der Waals surface area contributed by atoms with E-state index in [1.807, 2.05) is 0 Å². The van der Waals surface area contributed by atoms with Gasteiger partial charge in [-0.2, -0.15) is 42.1 Å². The quantitative estimate of drug-likeness (QED) is 0.00939. The van der Waals surface area contributed by atoms with E-state index >= 15 is 0 Å². The molecule has 0 bridgehead atoms. The summed E-state index contributed by atoms with van der Waals surface area (Å²) in [5, 5.41) is 74.2.